The van der Waals surface area contributed by atoms with E-state index in [1.807, 2.05) is 6.92 Å². The van der Waals surface area contributed by atoms with E-state index in [1.54, 1.807) is 23.1 Å². The second kappa shape index (κ2) is 8.28. The molecule has 1 saturated heterocycles. The highest BCUT2D eigenvalue weighted by atomic mass is 19.3. The number of urea groups is 1. The van der Waals surface area contributed by atoms with Crippen LogP contribution in [0.2, 0.25) is 0 Å². The number of amides is 2. The van der Waals surface area contributed by atoms with Crippen LogP contribution in [0.1, 0.15) is 31.7 Å². The zero-order chi connectivity index (χ0) is 17.6. The number of hydrogen-bond acceptors (Lipinski definition) is 3. The first-order chi connectivity index (χ1) is 11.5. The van der Waals surface area contributed by atoms with Crippen molar-refractivity contribution in [2.75, 3.05) is 19.7 Å². The highest BCUT2D eigenvalue weighted by molar-refractivity contribution is 5.74. The molecule has 0 atom stereocenters. The Morgan fingerprint density at radius 1 is 1.38 bits per heavy atom. The van der Waals surface area contributed by atoms with Crippen LogP contribution in [0.3, 0.4) is 0 Å². The van der Waals surface area contributed by atoms with E-state index in [4.69, 9.17) is 0 Å². The number of para-hydroxylation sites is 1. The Kier molecular flexibility index (Phi) is 6.36. The Morgan fingerprint density at radius 3 is 2.62 bits per heavy atom. The number of rotatable bonds is 6. The molecule has 1 aromatic carbocycles. The van der Waals surface area contributed by atoms with E-state index >= 15 is 0 Å². The summed E-state index contributed by atoms with van der Waals surface area (Å²) in [6, 6.07) is 6.17. The maximum Gasteiger partial charge on any atom is 0.387 e. The summed E-state index contributed by atoms with van der Waals surface area (Å²) in [5.41, 5.74) is 0.413. The standard InChI is InChI=1S/C17H24F2N2O3/c1-2-17(12-22)7-9-21(10-8-17)16(23)20-11-13-5-3-4-6-14(13)24-15(18)19/h3-6,15,22H,2,7-12H2,1H3,(H,20,23). The van der Waals surface area contributed by atoms with Gasteiger partial charge in [-0.2, -0.15) is 8.78 Å². The zero-order valence-electron chi connectivity index (χ0n) is 13.8. The van der Waals surface area contributed by atoms with Crippen LogP contribution in [0, 0.1) is 5.41 Å². The lowest BCUT2D eigenvalue weighted by Gasteiger charge is -2.40. The fourth-order valence-corrected chi connectivity index (χ4v) is 2.95. The van der Waals surface area contributed by atoms with Crippen LogP contribution in [-0.2, 0) is 6.54 Å². The summed E-state index contributed by atoms with van der Waals surface area (Å²) in [7, 11) is 0. The van der Waals surface area contributed by atoms with Gasteiger partial charge in [0.15, 0.2) is 0 Å². The normalized spacial score (nSPS) is 17.0. The number of benzene rings is 1. The fourth-order valence-electron chi connectivity index (χ4n) is 2.95. The van der Waals surface area contributed by atoms with E-state index in [-0.39, 0.29) is 30.3 Å². The van der Waals surface area contributed by atoms with Crippen LogP contribution in [0.5, 0.6) is 5.75 Å². The first-order valence-electron chi connectivity index (χ1n) is 8.16. The Balaban J connectivity index is 1.88. The van der Waals surface area contributed by atoms with Crippen molar-refractivity contribution in [3.8, 4) is 5.75 Å². The van der Waals surface area contributed by atoms with Gasteiger partial charge in [-0.05, 0) is 30.7 Å². The van der Waals surface area contributed by atoms with Gasteiger partial charge in [0.05, 0.1) is 0 Å². The molecule has 1 aliphatic rings. The van der Waals surface area contributed by atoms with Crippen molar-refractivity contribution in [3.05, 3.63) is 29.8 Å². The van der Waals surface area contributed by atoms with Crippen molar-refractivity contribution in [2.24, 2.45) is 5.41 Å². The van der Waals surface area contributed by atoms with Crippen molar-refractivity contribution in [1.82, 2.24) is 10.2 Å². The largest absolute Gasteiger partial charge is 0.434 e. The van der Waals surface area contributed by atoms with E-state index in [1.165, 1.54) is 6.07 Å². The summed E-state index contributed by atoms with van der Waals surface area (Å²) < 4.78 is 29.2. The van der Waals surface area contributed by atoms with Gasteiger partial charge in [0.1, 0.15) is 5.75 Å². The maximum absolute atomic E-state index is 12.4. The minimum atomic E-state index is -2.90. The van der Waals surface area contributed by atoms with Crippen LogP contribution in [-0.4, -0.2) is 42.3 Å². The number of alkyl halides is 2. The SMILES string of the molecule is CCC1(CO)CCN(C(=O)NCc2ccccc2OC(F)F)CC1. The average Bonchev–Trinajstić information content (AvgIpc) is 2.60. The zero-order valence-corrected chi connectivity index (χ0v) is 13.8. The monoisotopic (exact) mass is 342 g/mol. The molecule has 2 amide bonds. The Morgan fingerprint density at radius 2 is 2.04 bits per heavy atom. The number of halogens is 2. The van der Waals surface area contributed by atoms with Gasteiger partial charge in [-0.15, -0.1) is 0 Å². The molecule has 0 aliphatic carbocycles. The number of likely N-dealkylation sites (tertiary alicyclic amines) is 1. The number of aliphatic hydroxyl groups is 1. The molecule has 7 heteroatoms. The summed E-state index contributed by atoms with van der Waals surface area (Å²) in [6.07, 6.45) is 2.41. The van der Waals surface area contributed by atoms with Gasteiger partial charge >= 0.3 is 12.6 Å². The summed E-state index contributed by atoms with van der Waals surface area (Å²) in [6.45, 7) is 0.565. The third-order valence-electron chi connectivity index (χ3n) is 4.82. The molecule has 0 aromatic heterocycles. The van der Waals surface area contributed by atoms with Crippen LogP contribution >= 0.6 is 0 Å². The molecule has 0 saturated carbocycles. The molecule has 2 rings (SSSR count). The Bertz CT molecular complexity index is 540. The van der Waals surface area contributed by atoms with Crippen molar-refractivity contribution in [1.29, 1.82) is 0 Å². The quantitative estimate of drug-likeness (QED) is 0.835. The number of carbonyl (C=O) groups is 1. The lowest BCUT2D eigenvalue weighted by Crippen LogP contribution is -2.48. The van der Waals surface area contributed by atoms with Crippen molar-refractivity contribution < 1.29 is 23.4 Å². The van der Waals surface area contributed by atoms with Crippen molar-refractivity contribution in [2.45, 2.75) is 39.3 Å². The summed E-state index contributed by atoms with van der Waals surface area (Å²) >= 11 is 0. The summed E-state index contributed by atoms with van der Waals surface area (Å²) in [4.78, 5) is 14.0. The second-order valence-corrected chi connectivity index (χ2v) is 6.14. The highest BCUT2D eigenvalue weighted by Crippen LogP contribution is 2.34. The lowest BCUT2D eigenvalue weighted by atomic mass is 9.77. The number of nitrogens with zero attached hydrogens (tertiary/aromatic N) is 1. The molecule has 1 heterocycles. The molecule has 1 fully saturated rings. The molecule has 5 nitrogen and oxygen atoms in total. The Hall–Kier alpha value is -1.89. The molecular formula is C17H24F2N2O3. The van der Waals surface area contributed by atoms with E-state index in [0.717, 1.165) is 19.3 Å². The van der Waals surface area contributed by atoms with Gasteiger partial charge in [0, 0.05) is 31.8 Å². The first kappa shape index (κ1) is 18.4. The summed E-state index contributed by atoms with van der Waals surface area (Å²) in [5.74, 6) is 0.0664. The molecule has 24 heavy (non-hydrogen) atoms. The minimum absolute atomic E-state index is 0.0664. The number of carbonyl (C=O) groups excluding carboxylic acids is 1. The maximum atomic E-state index is 12.4. The molecule has 0 unspecified atom stereocenters. The molecule has 0 radical (unpaired) electrons. The van der Waals surface area contributed by atoms with Crippen LogP contribution in [0.4, 0.5) is 13.6 Å². The Labute approximate surface area is 140 Å². The second-order valence-electron chi connectivity index (χ2n) is 6.14. The summed E-state index contributed by atoms with van der Waals surface area (Å²) in [5, 5.41) is 12.3. The van der Waals surface area contributed by atoms with Gasteiger partial charge in [0.25, 0.3) is 0 Å². The molecule has 0 spiro atoms. The number of aliphatic hydroxyl groups excluding tert-OH is 1. The number of ether oxygens (including phenoxy) is 1. The van der Waals surface area contributed by atoms with Crippen LogP contribution in [0.15, 0.2) is 24.3 Å². The van der Waals surface area contributed by atoms with Crippen molar-refractivity contribution >= 4 is 6.03 Å². The lowest BCUT2D eigenvalue weighted by molar-refractivity contribution is -0.0504. The van der Waals surface area contributed by atoms with Gasteiger partial charge in [-0.1, -0.05) is 25.1 Å². The topological polar surface area (TPSA) is 61.8 Å². The van der Waals surface area contributed by atoms with E-state index in [9.17, 15) is 18.7 Å². The number of piperidine rings is 1. The number of nitrogens with one attached hydrogen (secondary N) is 1. The molecular weight excluding hydrogens is 318 g/mol. The molecule has 1 aromatic rings. The molecule has 0 bridgehead atoms. The smallest absolute Gasteiger partial charge is 0.387 e. The first-order valence-corrected chi connectivity index (χ1v) is 8.16. The molecule has 134 valence electrons. The average molecular weight is 342 g/mol. The van der Waals surface area contributed by atoms with Gasteiger partial charge in [-0.3, -0.25) is 0 Å². The van der Waals surface area contributed by atoms with Crippen LogP contribution < -0.4 is 10.1 Å². The predicted octanol–water partition coefficient (Wildman–Crippen LogP) is 2.98. The predicted molar refractivity (Wildman–Crippen MR) is 85.9 cm³/mol. The van der Waals surface area contributed by atoms with Gasteiger partial charge in [0.2, 0.25) is 0 Å². The third kappa shape index (κ3) is 4.56. The van der Waals surface area contributed by atoms with E-state index in [2.05, 4.69) is 10.1 Å². The van der Waals surface area contributed by atoms with Crippen LogP contribution in [0.25, 0.3) is 0 Å². The van der Waals surface area contributed by atoms with Crippen molar-refractivity contribution in [3.63, 3.8) is 0 Å². The van der Waals surface area contributed by atoms with E-state index in [0.29, 0.717) is 18.7 Å². The van der Waals surface area contributed by atoms with E-state index < -0.39 is 6.61 Å². The highest BCUT2D eigenvalue weighted by Gasteiger charge is 2.33. The molecule has 1 aliphatic heterocycles. The fraction of sp³-hybridized carbons (Fsp3) is 0.588. The van der Waals surface area contributed by atoms with Gasteiger partial charge < -0.3 is 20.1 Å². The van der Waals surface area contributed by atoms with Gasteiger partial charge in [-0.25, -0.2) is 4.79 Å². The third-order valence-corrected chi connectivity index (χ3v) is 4.82. The molecule has 2 N–H and O–H groups in total. The minimum Gasteiger partial charge on any atom is -0.434 e. The number of hydrogen-bond donors (Lipinski definition) is 2.